The molecular formula is C6H7NO2. The summed E-state index contributed by atoms with van der Waals surface area (Å²) in [6.07, 6.45) is 3.03. The Morgan fingerprint density at radius 2 is 2.44 bits per heavy atom. The van der Waals surface area contributed by atoms with Crippen molar-refractivity contribution in [1.82, 2.24) is 0 Å². The molecule has 0 aliphatic carbocycles. The third kappa shape index (κ3) is 1.38. The van der Waals surface area contributed by atoms with E-state index in [1.54, 1.807) is 6.08 Å². The van der Waals surface area contributed by atoms with Gasteiger partial charge in [-0.1, -0.05) is 0 Å². The number of ether oxygens (including phenoxy) is 1. The van der Waals surface area contributed by atoms with Gasteiger partial charge in [0.05, 0.1) is 7.11 Å². The number of aliphatic imine (C=N–C) groups is 1. The Bertz CT molecular complexity index is 181. The molecule has 0 bridgehead atoms. The van der Waals surface area contributed by atoms with Crippen LogP contribution in [0, 0.1) is 0 Å². The van der Waals surface area contributed by atoms with E-state index in [-0.39, 0.29) is 12.3 Å². The van der Waals surface area contributed by atoms with Crippen molar-refractivity contribution >= 4 is 11.7 Å². The molecule has 0 N–H and O–H groups in total. The molecule has 1 aliphatic heterocycles. The van der Waals surface area contributed by atoms with Crippen LogP contribution in [0.3, 0.4) is 0 Å². The van der Waals surface area contributed by atoms with E-state index in [0.717, 1.165) is 0 Å². The highest BCUT2D eigenvalue weighted by Crippen LogP contribution is 1.92. The first kappa shape index (κ1) is 6.01. The number of hydrogen-bond donors (Lipinski definition) is 0. The van der Waals surface area contributed by atoms with Crippen LogP contribution < -0.4 is 0 Å². The minimum Gasteiger partial charge on any atom is -0.481 e. The van der Waals surface area contributed by atoms with Crippen molar-refractivity contribution in [3.8, 4) is 0 Å². The molecule has 0 aromatic heterocycles. The molecule has 0 fully saturated rings. The fourth-order valence-corrected chi connectivity index (χ4v) is 0.558. The molecule has 0 amide bonds. The molecule has 9 heavy (non-hydrogen) atoms. The molecule has 0 spiro atoms. The van der Waals surface area contributed by atoms with Crippen LogP contribution in [0.2, 0.25) is 0 Å². The normalized spacial score (nSPS) is 17.4. The molecule has 0 aromatic rings. The highest BCUT2D eigenvalue weighted by atomic mass is 16.5. The minimum atomic E-state index is 0.0239. The molecule has 3 heteroatoms. The molecule has 1 rings (SSSR count). The maximum Gasteiger partial charge on any atom is 0.208 e. The van der Waals surface area contributed by atoms with Gasteiger partial charge in [0.15, 0.2) is 5.78 Å². The molecule has 0 unspecified atom stereocenters. The van der Waals surface area contributed by atoms with Crippen LogP contribution in [0.4, 0.5) is 0 Å². The largest absolute Gasteiger partial charge is 0.481 e. The zero-order valence-electron chi connectivity index (χ0n) is 5.13. The third-order valence-corrected chi connectivity index (χ3v) is 1.01. The fourth-order valence-electron chi connectivity index (χ4n) is 0.558. The van der Waals surface area contributed by atoms with Gasteiger partial charge in [0.2, 0.25) is 5.90 Å². The van der Waals surface area contributed by atoms with Crippen molar-refractivity contribution < 1.29 is 9.53 Å². The molecular weight excluding hydrogens is 118 g/mol. The van der Waals surface area contributed by atoms with Crippen LogP contribution in [-0.4, -0.2) is 25.3 Å². The van der Waals surface area contributed by atoms with Crippen LogP contribution in [0.5, 0.6) is 0 Å². The van der Waals surface area contributed by atoms with E-state index in [1.165, 1.54) is 13.2 Å². The van der Waals surface area contributed by atoms with E-state index in [0.29, 0.717) is 5.90 Å². The highest BCUT2D eigenvalue weighted by molar-refractivity contribution is 6.03. The Morgan fingerprint density at radius 3 is 2.89 bits per heavy atom. The first-order valence-electron chi connectivity index (χ1n) is 2.62. The second-order valence-electron chi connectivity index (χ2n) is 1.66. The lowest BCUT2D eigenvalue weighted by atomic mass is 10.3. The number of hydrogen-bond acceptors (Lipinski definition) is 3. The van der Waals surface area contributed by atoms with Crippen LogP contribution in [0.1, 0.15) is 0 Å². The van der Waals surface area contributed by atoms with Crippen LogP contribution in [-0.2, 0) is 9.53 Å². The van der Waals surface area contributed by atoms with Gasteiger partial charge in [0.1, 0.15) is 6.54 Å². The molecule has 0 atom stereocenters. The number of carbonyl (C=O) groups excluding carboxylic acids is 1. The van der Waals surface area contributed by atoms with Crippen molar-refractivity contribution in [3.05, 3.63) is 12.2 Å². The van der Waals surface area contributed by atoms with E-state index in [4.69, 9.17) is 4.74 Å². The van der Waals surface area contributed by atoms with E-state index in [9.17, 15) is 4.79 Å². The summed E-state index contributed by atoms with van der Waals surface area (Å²) in [6.45, 7) is 0.222. The molecule has 1 heterocycles. The van der Waals surface area contributed by atoms with Crippen molar-refractivity contribution in [2.45, 2.75) is 0 Å². The summed E-state index contributed by atoms with van der Waals surface area (Å²) < 4.78 is 4.75. The summed E-state index contributed by atoms with van der Waals surface area (Å²) in [4.78, 5) is 14.3. The highest BCUT2D eigenvalue weighted by Gasteiger charge is 2.02. The average molecular weight is 125 g/mol. The van der Waals surface area contributed by atoms with Crippen LogP contribution >= 0.6 is 0 Å². The van der Waals surface area contributed by atoms with Gasteiger partial charge in [0.25, 0.3) is 0 Å². The van der Waals surface area contributed by atoms with E-state index < -0.39 is 0 Å². The van der Waals surface area contributed by atoms with Gasteiger partial charge < -0.3 is 4.74 Å². The summed E-state index contributed by atoms with van der Waals surface area (Å²) in [7, 11) is 1.53. The molecule has 3 nitrogen and oxygen atoms in total. The number of methoxy groups -OCH3 is 1. The lowest BCUT2D eigenvalue weighted by Gasteiger charge is -2.01. The molecule has 1 aliphatic rings. The quantitative estimate of drug-likeness (QED) is 0.463. The van der Waals surface area contributed by atoms with Gasteiger partial charge in [-0.15, -0.1) is 0 Å². The number of nitrogens with zero attached hydrogens (tertiary/aromatic N) is 1. The molecule has 0 radical (unpaired) electrons. The summed E-state index contributed by atoms with van der Waals surface area (Å²) in [6, 6.07) is 0. The molecule has 0 saturated heterocycles. The monoisotopic (exact) mass is 125 g/mol. The summed E-state index contributed by atoms with van der Waals surface area (Å²) >= 11 is 0. The average Bonchev–Trinajstić information content (AvgIpc) is 1.90. The van der Waals surface area contributed by atoms with Gasteiger partial charge in [-0.05, 0) is 6.08 Å². The van der Waals surface area contributed by atoms with E-state index in [1.807, 2.05) is 0 Å². The second kappa shape index (κ2) is 2.44. The van der Waals surface area contributed by atoms with Crippen molar-refractivity contribution in [1.29, 1.82) is 0 Å². The molecule has 0 aromatic carbocycles. The van der Waals surface area contributed by atoms with Gasteiger partial charge in [-0.3, -0.25) is 4.79 Å². The standard InChI is InChI=1S/C6H7NO2/c1-9-6-3-2-5(8)4-7-6/h2-3H,4H2,1H3. The maximum atomic E-state index is 10.5. The van der Waals surface area contributed by atoms with Crippen LogP contribution in [0.15, 0.2) is 17.1 Å². The zero-order valence-corrected chi connectivity index (χ0v) is 5.13. The van der Waals surface area contributed by atoms with E-state index >= 15 is 0 Å². The van der Waals surface area contributed by atoms with Crippen molar-refractivity contribution in [2.75, 3.05) is 13.7 Å². The fraction of sp³-hybridized carbons (Fsp3) is 0.333. The summed E-state index contributed by atoms with van der Waals surface area (Å²) in [5.74, 6) is 0.547. The smallest absolute Gasteiger partial charge is 0.208 e. The third-order valence-electron chi connectivity index (χ3n) is 1.01. The van der Waals surface area contributed by atoms with Crippen LogP contribution in [0.25, 0.3) is 0 Å². The van der Waals surface area contributed by atoms with Gasteiger partial charge >= 0.3 is 0 Å². The van der Waals surface area contributed by atoms with Gasteiger partial charge in [-0.25, -0.2) is 4.99 Å². The van der Waals surface area contributed by atoms with Gasteiger partial charge in [-0.2, -0.15) is 0 Å². The zero-order chi connectivity index (χ0) is 6.69. The topological polar surface area (TPSA) is 38.7 Å². The Hall–Kier alpha value is -1.12. The Morgan fingerprint density at radius 1 is 1.67 bits per heavy atom. The first-order valence-corrected chi connectivity index (χ1v) is 2.62. The minimum absolute atomic E-state index is 0.0239. The second-order valence-corrected chi connectivity index (χ2v) is 1.66. The number of carbonyl (C=O) groups is 1. The maximum absolute atomic E-state index is 10.5. The summed E-state index contributed by atoms with van der Waals surface area (Å²) in [5, 5.41) is 0. The van der Waals surface area contributed by atoms with Crippen molar-refractivity contribution in [3.63, 3.8) is 0 Å². The number of ketones is 1. The Labute approximate surface area is 53.0 Å². The summed E-state index contributed by atoms with van der Waals surface area (Å²) in [5.41, 5.74) is 0. The number of rotatable bonds is 0. The lowest BCUT2D eigenvalue weighted by molar-refractivity contribution is -0.113. The Balaban J connectivity index is 2.63. The molecule has 0 saturated carbocycles. The first-order chi connectivity index (χ1) is 4.33. The van der Waals surface area contributed by atoms with Gasteiger partial charge in [0, 0.05) is 6.08 Å². The van der Waals surface area contributed by atoms with Crippen molar-refractivity contribution in [2.24, 2.45) is 4.99 Å². The Kier molecular flexibility index (Phi) is 1.63. The molecule has 48 valence electrons. The SMILES string of the molecule is COC1=NCC(=O)C=C1. The number of dihydropyridines is 1. The van der Waals surface area contributed by atoms with E-state index in [2.05, 4.69) is 4.99 Å². The predicted octanol–water partition coefficient (Wildman–Crippen LogP) is 0.170. The predicted molar refractivity (Wildman–Crippen MR) is 33.5 cm³/mol. The lowest BCUT2D eigenvalue weighted by Crippen LogP contribution is -2.09.